The molecule has 0 aliphatic carbocycles. The Morgan fingerprint density at radius 2 is 2.24 bits per heavy atom. The molecule has 1 N–H and O–H groups in total. The van der Waals surface area contributed by atoms with Gasteiger partial charge in [-0.25, -0.2) is 0 Å². The van der Waals surface area contributed by atoms with Gasteiger partial charge in [0.05, 0.1) is 18.8 Å². The quantitative estimate of drug-likeness (QED) is 0.798. The van der Waals surface area contributed by atoms with E-state index in [1.165, 1.54) is 0 Å². The molecule has 112 valence electrons. The molecule has 1 aliphatic heterocycles. The van der Waals surface area contributed by atoms with Crippen molar-refractivity contribution in [1.29, 1.82) is 0 Å². The number of carbonyl (C=O) groups is 1. The average Bonchev–Trinajstić information content (AvgIpc) is 2.48. The van der Waals surface area contributed by atoms with Crippen LogP contribution >= 0.6 is 0 Å². The lowest BCUT2D eigenvalue weighted by Crippen LogP contribution is -2.50. The minimum Gasteiger partial charge on any atom is -0.384 e. The van der Waals surface area contributed by atoms with Gasteiger partial charge in [-0.15, -0.1) is 0 Å². The Labute approximate surface area is 125 Å². The Morgan fingerprint density at radius 1 is 1.48 bits per heavy atom. The van der Waals surface area contributed by atoms with Gasteiger partial charge in [-0.3, -0.25) is 4.79 Å². The second-order valence-corrected chi connectivity index (χ2v) is 5.44. The highest BCUT2D eigenvalue weighted by Crippen LogP contribution is 2.17. The number of hydrogen-bond donors (Lipinski definition) is 1. The van der Waals surface area contributed by atoms with E-state index in [-0.39, 0.29) is 24.7 Å². The monoisotopic (exact) mass is 287 g/mol. The van der Waals surface area contributed by atoms with E-state index in [0.29, 0.717) is 18.7 Å². The van der Waals surface area contributed by atoms with Gasteiger partial charge in [0, 0.05) is 17.7 Å². The third kappa shape index (κ3) is 3.63. The smallest absolute Gasteiger partial charge is 0.254 e. The largest absolute Gasteiger partial charge is 0.384 e. The Morgan fingerprint density at radius 3 is 2.95 bits per heavy atom. The van der Waals surface area contributed by atoms with E-state index >= 15 is 0 Å². The molecular formula is C17H21NO3. The van der Waals surface area contributed by atoms with Gasteiger partial charge < -0.3 is 14.7 Å². The number of hydrogen-bond acceptors (Lipinski definition) is 3. The van der Waals surface area contributed by atoms with Gasteiger partial charge in [0.15, 0.2) is 0 Å². The standard InChI is InChI=1S/C17H21NO3/c1-12-6-7-16(9-15(12)5-4-8-19)17(20)18-10-14(3)21-11-13(18)2/h6-7,9,13-14,19H,8,10-11H2,1-3H3. The number of amides is 1. The van der Waals surface area contributed by atoms with Crippen LogP contribution in [-0.4, -0.2) is 47.8 Å². The summed E-state index contributed by atoms with van der Waals surface area (Å²) in [5.41, 5.74) is 2.41. The van der Waals surface area contributed by atoms with Crippen molar-refractivity contribution in [3.05, 3.63) is 34.9 Å². The number of aliphatic hydroxyl groups is 1. The van der Waals surface area contributed by atoms with Crippen LogP contribution in [-0.2, 0) is 4.74 Å². The van der Waals surface area contributed by atoms with Crippen LogP contribution < -0.4 is 0 Å². The highest BCUT2D eigenvalue weighted by atomic mass is 16.5. The first-order chi connectivity index (χ1) is 10.0. The molecule has 1 aliphatic rings. The van der Waals surface area contributed by atoms with Crippen LogP contribution in [0.15, 0.2) is 18.2 Å². The Balaban J connectivity index is 2.26. The third-order valence-corrected chi connectivity index (χ3v) is 3.66. The highest BCUT2D eigenvalue weighted by molar-refractivity contribution is 5.95. The van der Waals surface area contributed by atoms with E-state index in [0.717, 1.165) is 11.1 Å². The SMILES string of the molecule is Cc1ccc(C(=O)N2CC(C)OCC2C)cc1C#CCO. The van der Waals surface area contributed by atoms with Crippen molar-refractivity contribution in [1.82, 2.24) is 4.90 Å². The summed E-state index contributed by atoms with van der Waals surface area (Å²) in [6.45, 7) is 6.88. The molecular weight excluding hydrogens is 266 g/mol. The molecule has 1 amide bonds. The fraction of sp³-hybridized carbons (Fsp3) is 0.471. The predicted octanol–water partition coefficient (Wildman–Crippen LogP) is 1.59. The summed E-state index contributed by atoms with van der Waals surface area (Å²) in [6.07, 6.45) is 0.0595. The Kier molecular flexibility index (Phi) is 5.00. The maximum atomic E-state index is 12.7. The van der Waals surface area contributed by atoms with Gasteiger partial charge in [-0.05, 0) is 38.5 Å². The molecule has 4 nitrogen and oxygen atoms in total. The molecule has 0 aromatic heterocycles. The zero-order chi connectivity index (χ0) is 15.4. The van der Waals surface area contributed by atoms with Crippen LogP contribution in [0.25, 0.3) is 0 Å². The fourth-order valence-electron chi connectivity index (χ4n) is 2.38. The Bertz CT molecular complexity index is 585. The number of ether oxygens (including phenoxy) is 1. The van der Waals surface area contributed by atoms with Crippen molar-refractivity contribution >= 4 is 5.91 Å². The van der Waals surface area contributed by atoms with Crippen LogP contribution in [0.2, 0.25) is 0 Å². The minimum atomic E-state index is -0.185. The van der Waals surface area contributed by atoms with Gasteiger partial charge in [-0.2, -0.15) is 0 Å². The molecule has 0 spiro atoms. The first-order valence-electron chi connectivity index (χ1n) is 7.16. The predicted molar refractivity (Wildman–Crippen MR) is 81.1 cm³/mol. The number of aliphatic hydroxyl groups excluding tert-OH is 1. The highest BCUT2D eigenvalue weighted by Gasteiger charge is 2.28. The van der Waals surface area contributed by atoms with Crippen molar-refractivity contribution in [2.24, 2.45) is 0 Å². The van der Waals surface area contributed by atoms with Crippen LogP contribution in [0, 0.1) is 18.8 Å². The summed E-state index contributed by atoms with van der Waals surface area (Å²) in [6, 6.07) is 5.59. The number of rotatable bonds is 1. The second-order valence-electron chi connectivity index (χ2n) is 5.44. The minimum absolute atomic E-state index is 0.00435. The zero-order valence-corrected chi connectivity index (χ0v) is 12.7. The Hall–Kier alpha value is -1.83. The summed E-state index contributed by atoms with van der Waals surface area (Å²) >= 11 is 0. The molecule has 2 rings (SSSR count). The van der Waals surface area contributed by atoms with Crippen molar-refractivity contribution in [2.45, 2.75) is 32.9 Å². The molecule has 1 heterocycles. The molecule has 0 bridgehead atoms. The van der Waals surface area contributed by atoms with Crippen molar-refractivity contribution in [3.8, 4) is 11.8 Å². The van der Waals surface area contributed by atoms with Crippen molar-refractivity contribution < 1.29 is 14.6 Å². The summed E-state index contributed by atoms with van der Waals surface area (Å²) in [5, 5.41) is 8.80. The number of benzene rings is 1. The average molecular weight is 287 g/mol. The van der Waals surface area contributed by atoms with E-state index in [9.17, 15) is 4.79 Å². The zero-order valence-electron chi connectivity index (χ0n) is 12.7. The van der Waals surface area contributed by atoms with Gasteiger partial charge in [0.1, 0.15) is 6.61 Å². The summed E-state index contributed by atoms with van der Waals surface area (Å²) < 4.78 is 5.56. The fourth-order valence-corrected chi connectivity index (χ4v) is 2.38. The van der Waals surface area contributed by atoms with Crippen LogP contribution in [0.3, 0.4) is 0 Å². The van der Waals surface area contributed by atoms with E-state index < -0.39 is 0 Å². The lowest BCUT2D eigenvalue weighted by Gasteiger charge is -2.36. The number of aryl methyl sites for hydroxylation is 1. The molecule has 1 saturated heterocycles. The molecule has 1 fully saturated rings. The topological polar surface area (TPSA) is 49.8 Å². The lowest BCUT2D eigenvalue weighted by molar-refractivity contribution is -0.0387. The first-order valence-corrected chi connectivity index (χ1v) is 7.16. The van der Waals surface area contributed by atoms with Crippen molar-refractivity contribution in [3.63, 3.8) is 0 Å². The van der Waals surface area contributed by atoms with E-state index in [1.807, 2.05) is 37.8 Å². The summed E-state index contributed by atoms with van der Waals surface area (Å²) in [5.74, 6) is 5.52. The third-order valence-electron chi connectivity index (χ3n) is 3.66. The first kappa shape index (κ1) is 15.6. The molecule has 2 unspecified atom stereocenters. The van der Waals surface area contributed by atoms with E-state index in [1.54, 1.807) is 6.07 Å². The van der Waals surface area contributed by atoms with Crippen LogP contribution in [0.4, 0.5) is 0 Å². The molecule has 2 atom stereocenters. The maximum absolute atomic E-state index is 12.7. The second kappa shape index (κ2) is 6.75. The van der Waals surface area contributed by atoms with Crippen LogP contribution in [0.1, 0.15) is 35.3 Å². The van der Waals surface area contributed by atoms with Gasteiger partial charge in [-0.1, -0.05) is 17.9 Å². The van der Waals surface area contributed by atoms with Gasteiger partial charge in [0.2, 0.25) is 0 Å². The molecule has 21 heavy (non-hydrogen) atoms. The maximum Gasteiger partial charge on any atom is 0.254 e. The molecule has 0 radical (unpaired) electrons. The molecule has 1 aromatic carbocycles. The number of carbonyl (C=O) groups excluding carboxylic acids is 1. The van der Waals surface area contributed by atoms with Gasteiger partial charge >= 0.3 is 0 Å². The van der Waals surface area contributed by atoms with Crippen molar-refractivity contribution in [2.75, 3.05) is 19.8 Å². The van der Waals surface area contributed by atoms with Crippen LogP contribution in [0.5, 0.6) is 0 Å². The summed E-state index contributed by atoms with van der Waals surface area (Å²) in [7, 11) is 0. The van der Waals surface area contributed by atoms with Gasteiger partial charge in [0.25, 0.3) is 5.91 Å². The lowest BCUT2D eigenvalue weighted by atomic mass is 10.0. The van der Waals surface area contributed by atoms with E-state index in [4.69, 9.17) is 9.84 Å². The number of morpholine rings is 1. The summed E-state index contributed by atoms with van der Waals surface area (Å²) in [4.78, 5) is 14.5. The normalized spacial score (nSPS) is 21.6. The number of nitrogens with zero attached hydrogens (tertiary/aromatic N) is 1. The molecule has 1 aromatic rings. The molecule has 0 saturated carbocycles. The molecule has 4 heteroatoms. The van der Waals surface area contributed by atoms with E-state index in [2.05, 4.69) is 11.8 Å².